The summed E-state index contributed by atoms with van der Waals surface area (Å²) in [6.45, 7) is 0.00720. The minimum atomic E-state index is -1.25. The van der Waals surface area contributed by atoms with Crippen LogP contribution in [0.5, 0.6) is 0 Å². The normalized spacial score (nSPS) is 27.6. The van der Waals surface area contributed by atoms with Gasteiger partial charge in [-0.15, -0.1) is 0 Å². The minimum absolute atomic E-state index is 0.172. The molecule has 2 aliphatic rings. The minimum Gasteiger partial charge on any atom is -0.394 e. The molecule has 0 bridgehead atoms. The molecular formula is C46H50O10S. The molecule has 0 radical (unpaired) electrons. The van der Waals surface area contributed by atoms with Gasteiger partial charge in [-0.05, 0) is 34.4 Å². The van der Waals surface area contributed by atoms with Gasteiger partial charge in [-0.1, -0.05) is 151 Å². The van der Waals surface area contributed by atoms with Crippen molar-refractivity contribution in [3.8, 4) is 0 Å². The van der Waals surface area contributed by atoms with Crippen LogP contribution in [0, 0.1) is 0 Å². The van der Waals surface area contributed by atoms with E-state index in [1.54, 1.807) is 0 Å². The molecule has 5 aromatic carbocycles. The predicted molar refractivity (Wildman–Crippen MR) is 215 cm³/mol. The number of rotatable bonds is 18. The van der Waals surface area contributed by atoms with Crippen LogP contribution in [0.4, 0.5) is 0 Å². The summed E-state index contributed by atoms with van der Waals surface area (Å²) >= 11 is 1.32. The van der Waals surface area contributed by atoms with Gasteiger partial charge in [0, 0.05) is 4.90 Å². The van der Waals surface area contributed by atoms with Gasteiger partial charge in [0.15, 0.2) is 6.29 Å². The van der Waals surface area contributed by atoms with Gasteiger partial charge in [-0.2, -0.15) is 0 Å². The van der Waals surface area contributed by atoms with Crippen LogP contribution in [0.25, 0.3) is 0 Å². The average Bonchev–Trinajstić information content (AvgIpc) is 3.27. The zero-order valence-corrected chi connectivity index (χ0v) is 32.4. The van der Waals surface area contributed by atoms with Crippen LogP contribution in [0.1, 0.15) is 22.3 Å². The van der Waals surface area contributed by atoms with Crippen LogP contribution in [-0.4, -0.2) is 89.1 Å². The van der Waals surface area contributed by atoms with Gasteiger partial charge in [0.2, 0.25) is 0 Å². The fourth-order valence-electron chi connectivity index (χ4n) is 7.05. The molecule has 0 unspecified atom stereocenters. The van der Waals surface area contributed by atoms with Gasteiger partial charge < -0.3 is 48.5 Å². The first-order valence-corrected chi connectivity index (χ1v) is 20.2. The Labute approximate surface area is 338 Å². The molecule has 2 saturated heterocycles. The standard InChI is InChI=1S/C46H50O10S/c47-26-37-41(51-29-33-18-8-2-9-19-33)43(52-30-34-20-10-3-11-21-34)44(53-31-35-22-12-4-13-23-35)45(54-37)56-42-39(49)46(57-36-24-14-5-15-25-36)55-38(27-48)40(42)50-28-32-16-6-1-7-17-32/h1-25,37-49H,26-31H2/t37-,38-,39-,40-,41-,42-,43+,44-,45+,46+/m1/s1. The lowest BCUT2D eigenvalue weighted by molar-refractivity contribution is -0.356. The Bertz CT molecular complexity index is 1860. The predicted octanol–water partition coefficient (Wildman–Crippen LogP) is 6.30. The number of thioether (sulfide) groups is 1. The second kappa shape index (κ2) is 21.2. The van der Waals surface area contributed by atoms with Crippen LogP contribution >= 0.6 is 11.8 Å². The highest BCUT2D eigenvalue weighted by Crippen LogP contribution is 2.39. The smallest absolute Gasteiger partial charge is 0.187 e. The van der Waals surface area contributed by atoms with Crippen LogP contribution < -0.4 is 0 Å². The van der Waals surface area contributed by atoms with E-state index in [0.29, 0.717) is 0 Å². The number of hydrogen-bond acceptors (Lipinski definition) is 11. The molecule has 2 heterocycles. The Balaban J connectivity index is 1.23. The zero-order chi connectivity index (χ0) is 39.2. The summed E-state index contributed by atoms with van der Waals surface area (Å²) in [4.78, 5) is 0.867. The first-order valence-electron chi connectivity index (χ1n) is 19.3. The third-order valence-electron chi connectivity index (χ3n) is 9.99. The van der Waals surface area contributed by atoms with Crippen molar-refractivity contribution in [1.29, 1.82) is 0 Å². The summed E-state index contributed by atoms with van der Waals surface area (Å²) < 4.78 is 46.4. The van der Waals surface area contributed by atoms with Crippen LogP contribution in [0.2, 0.25) is 0 Å². The van der Waals surface area contributed by atoms with Gasteiger partial charge in [0.1, 0.15) is 54.3 Å². The maximum atomic E-state index is 12.2. The van der Waals surface area contributed by atoms with Crippen molar-refractivity contribution in [1.82, 2.24) is 0 Å². The monoisotopic (exact) mass is 794 g/mol. The summed E-state index contributed by atoms with van der Waals surface area (Å²) in [6, 6.07) is 48.5. The van der Waals surface area contributed by atoms with Gasteiger partial charge in [-0.3, -0.25) is 0 Å². The second-order valence-corrected chi connectivity index (χ2v) is 15.2. The maximum Gasteiger partial charge on any atom is 0.187 e. The molecule has 10 atom stereocenters. The van der Waals surface area contributed by atoms with Crippen LogP contribution in [0.15, 0.2) is 157 Å². The number of hydrogen-bond donors (Lipinski definition) is 3. The lowest BCUT2D eigenvalue weighted by Crippen LogP contribution is -2.65. The summed E-state index contributed by atoms with van der Waals surface area (Å²) in [5.41, 5.74) is 2.86. The lowest BCUT2D eigenvalue weighted by Gasteiger charge is -2.49. The van der Waals surface area contributed by atoms with Crippen molar-refractivity contribution in [3.63, 3.8) is 0 Å². The largest absolute Gasteiger partial charge is 0.394 e. The van der Waals surface area contributed by atoms with E-state index in [1.165, 1.54) is 11.8 Å². The highest BCUT2D eigenvalue weighted by atomic mass is 32.2. The third-order valence-corrected chi connectivity index (χ3v) is 11.2. The summed E-state index contributed by atoms with van der Waals surface area (Å²) in [5, 5.41) is 33.8. The van der Waals surface area contributed by atoms with Gasteiger partial charge >= 0.3 is 0 Å². The summed E-state index contributed by atoms with van der Waals surface area (Å²) in [7, 11) is 0. The molecule has 3 N–H and O–H groups in total. The number of aliphatic hydroxyl groups is 3. The fourth-order valence-corrected chi connectivity index (χ4v) is 8.13. The lowest BCUT2D eigenvalue weighted by atomic mass is 9.96. The van der Waals surface area contributed by atoms with Gasteiger partial charge in [0.25, 0.3) is 0 Å². The number of benzene rings is 5. The van der Waals surface area contributed by atoms with Gasteiger partial charge in [0.05, 0.1) is 39.6 Å². The Hall–Kier alpha value is -3.95. The topological polar surface area (TPSA) is 125 Å². The van der Waals surface area contributed by atoms with E-state index in [9.17, 15) is 15.3 Å². The highest BCUT2D eigenvalue weighted by Gasteiger charge is 2.53. The first-order chi connectivity index (χ1) is 28.1. The van der Waals surface area contributed by atoms with Crippen molar-refractivity contribution in [2.24, 2.45) is 0 Å². The van der Waals surface area contributed by atoms with E-state index in [2.05, 4.69) is 0 Å². The van der Waals surface area contributed by atoms with Crippen molar-refractivity contribution >= 4 is 11.8 Å². The molecule has 0 spiro atoms. The number of aliphatic hydroxyl groups excluding tert-OH is 3. The second-order valence-electron chi connectivity index (χ2n) is 14.0. The van der Waals surface area contributed by atoms with E-state index in [4.69, 9.17) is 33.2 Å². The molecule has 2 fully saturated rings. The van der Waals surface area contributed by atoms with E-state index in [-0.39, 0.29) is 26.4 Å². The Morgan fingerprint density at radius 1 is 0.439 bits per heavy atom. The van der Waals surface area contributed by atoms with E-state index >= 15 is 0 Å². The molecule has 0 saturated carbocycles. The Morgan fingerprint density at radius 3 is 1.25 bits per heavy atom. The molecule has 57 heavy (non-hydrogen) atoms. The molecule has 10 nitrogen and oxygen atoms in total. The quantitative estimate of drug-likeness (QED) is 0.0926. The zero-order valence-electron chi connectivity index (χ0n) is 31.6. The van der Waals surface area contributed by atoms with Crippen molar-refractivity contribution in [2.75, 3.05) is 13.2 Å². The molecule has 0 aromatic heterocycles. The molecule has 0 amide bonds. The van der Waals surface area contributed by atoms with E-state index < -0.39 is 73.8 Å². The Kier molecular flexibility index (Phi) is 15.3. The van der Waals surface area contributed by atoms with E-state index in [1.807, 2.05) is 152 Å². The van der Waals surface area contributed by atoms with E-state index in [0.717, 1.165) is 27.1 Å². The van der Waals surface area contributed by atoms with Crippen LogP contribution in [-0.2, 0) is 59.6 Å². The first kappa shape index (κ1) is 41.2. The molecule has 300 valence electrons. The van der Waals surface area contributed by atoms with Crippen molar-refractivity contribution in [2.45, 2.75) is 91.9 Å². The average molecular weight is 795 g/mol. The molecule has 5 aromatic rings. The maximum absolute atomic E-state index is 12.2. The molecule has 0 aliphatic carbocycles. The Morgan fingerprint density at radius 2 is 0.807 bits per heavy atom. The van der Waals surface area contributed by atoms with Gasteiger partial charge in [-0.25, -0.2) is 0 Å². The number of ether oxygens (including phenoxy) is 7. The molecule has 11 heteroatoms. The molecule has 2 aliphatic heterocycles. The van der Waals surface area contributed by atoms with Crippen LogP contribution in [0.3, 0.4) is 0 Å². The molecule has 7 rings (SSSR count). The third kappa shape index (κ3) is 11.2. The summed E-state index contributed by atoms with van der Waals surface area (Å²) in [6.07, 6.45) is -8.73. The molecular weight excluding hydrogens is 745 g/mol. The van der Waals surface area contributed by atoms with Crippen molar-refractivity contribution in [3.05, 3.63) is 174 Å². The van der Waals surface area contributed by atoms with Crippen molar-refractivity contribution < 1.29 is 48.5 Å². The summed E-state index contributed by atoms with van der Waals surface area (Å²) in [5.74, 6) is 0. The SMILES string of the molecule is OC[C@H]1O[C@@H](O[C@@H]2[C@@H](O)[C@H](Sc3ccccc3)O[C@H](CO)[C@H]2OCc2ccccc2)[C@H](OCc2ccccc2)[C@@H](OCc2ccccc2)[C@@H]1OCc1ccccc1. The highest BCUT2D eigenvalue weighted by molar-refractivity contribution is 7.99. The fraction of sp³-hybridized carbons (Fsp3) is 0.348.